The van der Waals surface area contributed by atoms with Gasteiger partial charge in [0.1, 0.15) is 12.4 Å². The van der Waals surface area contributed by atoms with E-state index < -0.39 is 8.60 Å². The third-order valence-electron chi connectivity index (χ3n) is 0.901. The van der Waals surface area contributed by atoms with Crippen molar-refractivity contribution in [3.05, 3.63) is 18.7 Å². The average Bonchev–Trinajstić information content (AvgIpc) is 2.13. The molecule has 11 heavy (non-hydrogen) atoms. The summed E-state index contributed by atoms with van der Waals surface area (Å²) in [4.78, 5) is 22.9. The van der Waals surface area contributed by atoms with Gasteiger partial charge >= 0.3 is 0 Å². The minimum absolute atomic E-state index is 2.00. The molecular formula is C5H11N2O3P. The highest BCUT2D eigenvalue weighted by Crippen LogP contribution is 2.03. The molecule has 0 unspecified atom stereocenters. The SMILES string of the molecule is Cn1cc[n+](C)c1.[O-]P(O)O. The minimum atomic E-state index is -2.87. The Hall–Kier alpha value is -0.480. The van der Waals surface area contributed by atoms with E-state index >= 15 is 0 Å². The van der Waals surface area contributed by atoms with E-state index in [-0.39, 0.29) is 0 Å². The van der Waals surface area contributed by atoms with E-state index in [1.807, 2.05) is 42.0 Å². The zero-order valence-corrected chi connectivity index (χ0v) is 7.27. The van der Waals surface area contributed by atoms with Crippen molar-refractivity contribution in [2.24, 2.45) is 14.1 Å². The van der Waals surface area contributed by atoms with Gasteiger partial charge in [-0.25, -0.2) is 9.13 Å². The van der Waals surface area contributed by atoms with Crippen molar-refractivity contribution in [1.82, 2.24) is 4.57 Å². The largest absolute Gasteiger partial charge is 0.786 e. The molecule has 2 N–H and O–H groups in total. The molecular weight excluding hydrogens is 167 g/mol. The first-order chi connectivity index (χ1) is 5.02. The highest BCUT2D eigenvalue weighted by atomic mass is 31.2. The first-order valence-electron chi connectivity index (χ1n) is 2.84. The smallest absolute Gasteiger partial charge is 0.243 e. The van der Waals surface area contributed by atoms with E-state index in [0.717, 1.165) is 0 Å². The molecule has 64 valence electrons. The Kier molecular flexibility index (Phi) is 4.98. The van der Waals surface area contributed by atoms with Gasteiger partial charge in [0.15, 0.2) is 0 Å². The molecule has 0 spiro atoms. The van der Waals surface area contributed by atoms with Gasteiger partial charge in [0, 0.05) is 0 Å². The first kappa shape index (κ1) is 10.5. The molecule has 0 aliphatic carbocycles. The molecule has 0 aromatic carbocycles. The van der Waals surface area contributed by atoms with E-state index in [0.29, 0.717) is 0 Å². The van der Waals surface area contributed by atoms with E-state index in [2.05, 4.69) is 0 Å². The maximum absolute atomic E-state index is 8.70. The fraction of sp³-hybridized carbons (Fsp3) is 0.400. The van der Waals surface area contributed by atoms with Crippen molar-refractivity contribution in [2.75, 3.05) is 0 Å². The third kappa shape index (κ3) is 7.42. The maximum atomic E-state index is 8.70. The fourth-order valence-corrected chi connectivity index (χ4v) is 0.575. The molecule has 0 saturated carbocycles. The fourth-order valence-electron chi connectivity index (χ4n) is 0.575. The summed E-state index contributed by atoms with van der Waals surface area (Å²) < 4.78 is 4.00. The summed E-state index contributed by atoms with van der Waals surface area (Å²) in [6.07, 6.45) is 6.00. The number of hydrogen-bond donors (Lipinski definition) is 2. The Morgan fingerprint density at radius 2 is 2.00 bits per heavy atom. The van der Waals surface area contributed by atoms with Crippen LogP contribution >= 0.6 is 8.60 Å². The Morgan fingerprint density at radius 3 is 2.09 bits per heavy atom. The molecule has 0 radical (unpaired) electrons. The van der Waals surface area contributed by atoms with Crippen molar-refractivity contribution < 1.29 is 19.2 Å². The number of aryl methyl sites for hydroxylation is 2. The number of imidazole rings is 1. The van der Waals surface area contributed by atoms with E-state index in [1.54, 1.807) is 0 Å². The van der Waals surface area contributed by atoms with Crippen molar-refractivity contribution in [2.45, 2.75) is 0 Å². The van der Waals surface area contributed by atoms with Crippen molar-refractivity contribution in [1.29, 1.82) is 0 Å². The Labute approximate surface area is 66.2 Å². The lowest BCUT2D eigenvalue weighted by Crippen LogP contribution is -2.23. The molecule has 0 saturated heterocycles. The van der Waals surface area contributed by atoms with Crippen LogP contribution in [0.15, 0.2) is 18.7 Å². The monoisotopic (exact) mass is 178 g/mol. The van der Waals surface area contributed by atoms with Crippen LogP contribution in [0.1, 0.15) is 0 Å². The van der Waals surface area contributed by atoms with Crippen LogP contribution in [0, 0.1) is 0 Å². The molecule has 5 nitrogen and oxygen atoms in total. The normalized spacial score (nSPS) is 9.27. The molecule has 0 atom stereocenters. The van der Waals surface area contributed by atoms with Crippen LogP contribution in [0.4, 0.5) is 0 Å². The zero-order valence-electron chi connectivity index (χ0n) is 6.38. The number of aromatic nitrogens is 2. The second kappa shape index (κ2) is 5.21. The van der Waals surface area contributed by atoms with Gasteiger partial charge in [-0.1, -0.05) is 0 Å². The molecule has 1 aromatic rings. The standard InChI is InChI=1S/C5H9N2.H2O3P/c1-6-3-4-7(2)5-6;1-4(2)3/h3-5H,1-2H3;1-2H/q+1;-1. The van der Waals surface area contributed by atoms with Gasteiger partial charge in [0.25, 0.3) is 0 Å². The van der Waals surface area contributed by atoms with Gasteiger partial charge in [-0.2, -0.15) is 0 Å². The molecule has 0 amide bonds. The summed E-state index contributed by atoms with van der Waals surface area (Å²) in [5.41, 5.74) is 0. The van der Waals surface area contributed by atoms with Gasteiger partial charge in [-0.05, 0) is 0 Å². The Balaban J connectivity index is 0.000000218. The third-order valence-corrected chi connectivity index (χ3v) is 0.901. The van der Waals surface area contributed by atoms with Crippen LogP contribution in [-0.4, -0.2) is 14.4 Å². The van der Waals surface area contributed by atoms with Crippen LogP contribution in [0.2, 0.25) is 0 Å². The summed E-state index contributed by atoms with van der Waals surface area (Å²) in [7, 11) is 1.13. The van der Waals surface area contributed by atoms with Gasteiger partial charge in [-0.15, -0.1) is 0 Å². The predicted molar refractivity (Wildman–Crippen MR) is 37.9 cm³/mol. The van der Waals surface area contributed by atoms with E-state index in [9.17, 15) is 0 Å². The van der Waals surface area contributed by atoms with Crippen LogP contribution in [0.5, 0.6) is 0 Å². The lowest BCUT2D eigenvalue weighted by Gasteiger charge is -1.99. The highest BCUT2D eigenvalue weighted by Gasteiger charge is 1.87. The second-order valence-electron chi connectivity index (χ2n) is 2.00. The molecule has 0 bridgehead atoms. The second-order valence-corrected chi connectivity index (χ2v) is 2.50. The quantitative estimate of drug-likeness (QED) is 0.371. The molecule has 0 aliphatic rings. The van der Waals surface area contributed by atoms with Gasteiger partial charge in [0.05, 0.1) is 22.7 Å². The maximum Gasteiger partial charge on any atom is 0.243 e. The Morgan fingerprint density at radius 1 is 1.55 bits per heavy atom. The first-order valence-corrected chi connectivity index (χ1v) is 4.01. The van der Waals surface area contributed by atoms with E-state index in [1.165, 1.54) is 0 Å². The zero-order chi connectivity index (χ0) is 8.85. The highest BCUT2D eigenvalue weighted by molar-refractivity contribution is 7.36. The number of nitrogens with zero attached hydrogens (tertiary/aromatic N) is 2. The predicted octanol–water partition coefficient (Wildman–Crippen LogP) is -1.59. The Bertz CT molecular complexity index is 182. The minimum Gasteiger partial charge on any atom is -0.786 e. The summed E-state index contributed by atoms with van der Waals surface area (Å²) in [5.74, 6) is 0. The summed E-state index contributed by atoms with van der Waals surface area (Å²) in [6, 6.07) is 0. The van der Waals surface area contributed by atoms with Crippen LogP contribution in [0.25, 0.3) is 0 Å². The summed E-state index contributed by atoms with van der Waals surface area (Å²) in [6.45, 7) is 0. The molecule has 1 heterocycles. The van der Waals surface area contributed by atoms with Crippen LogP contribution in [-0.2, 0) is 14.1 Å². The summed E-state index contributed by atoms with van der Waals surface area (Å²) >= 11 is 0. The molecule has 0 aliphatic heterocycles. The van der Waals surface area contributed by atoms with Gasteiger partial charge in [-0.3, -0.25) is 0 Å². The van der Waals surface area contributed by atoms with Crippen LogP contribution < -0.4 is 9.46 Å². The van der Waals surface area contributed by atoms with Gasteiger partial charge < -0.3 is 14.7 Å². The molecule has 0 fully saturated rings. The number of rotatable bonds is 0. The van der Waals surface area contributed by atoms with Crippen molar-refractivity contribution in [3.63, 3.8) is 0 Å². The number of hydrogen-bond acceptors (Lipinski definition) is 3. The van der Waals surface area contributed by atoms with Crippen molar-refractivity contribution >= 4 is 8.60 Å². The summed E-state index contributed by atoms with van der Waals surface area (Å²) in [5, 5.41) is 0. The van der Waals surface area contributed by atoms with Crippen LogP contribution in [0.3, 0.4) is 0 Å². The molecule has 6 heteroatoms. The molecule has 1 rings (SSSR count). The lowest BCUT2D eigenvalue weighted by atomic mass is 10.9. The average molecular weight is 178 g/mol. The van der Waals surface area contributed by atoms with Crippen molar-refractivity contribution in [3.8, 4) is 0 Å². The molecule has 1 aromatic heterocycles. The van der Waals surface area contributed by atoms with Gasteiger partial charge in [0.2, 0.25) is 6.33 Å². The lowest BCUT2D eigenvalue weighted by molar-refractivity contribution is -0.670. The topological polar surface area (TPSA) is 72.3 Å². The van der Waals surface area contributed by atoms with E-state index in [4.69, 9.17) is 14.7 Å².